The largest absolute Gasteiger partial charge is 0.370 e. The SMILES string of the molecule is CCCCCCCC(C)(C)CCCC(N)=O. The van der Waals surface area contributed by atoms with Gasteiger partial charge in [-0.3, -0.25) is 4.79 Å². The molecule has 16 heavy (non-hydrogen) atoms. The summed E-state index contributed by atoms with van der Waals surface area (Å²) in [6.45, 7) is 6.84. The monoisotopic (exact) mass is 227 g/mol. The molecule has 0 unspecified atom stereocenters. The van der Waals surface area contributed by atoms with Crippen LogP contribution in [0.25, 0.3) is 0 Å². The third-order valence-electron chi connectivity index (χ3n) is 3.23. The van der Waals surface area contributed by atoms with E-state index in [1.54, 1.807) is 0 Å². The van der Waals surface area contributed by atoms with Crippen molar-refractivity contribution in [3.63, 3.8) is 0 Å². The van der Waals surface area contributed by atoms with Crippen molar-refractivity contribution in [2.24, 2.45) is 11.1 Å². The Morgan fingerprint density at radius 2 is 1.56 bits per heavy atom. The maximum absolute atomic E-state index is 10.6. The summed E-state index contributed by atoms with van der Waals surface area (Å²) in [5.74, 6) is -0.168. The highest BCUT2D eigenvalue weighted by molar-refractivity contribution is 5.73. The molecule has 0 aromatic rings. The molecule has 0 saturated heterocycles. The quantitative estimate of drug-likeness (QED) is 0.563. The predicted octanol–water partition coefficient (Wildman–Crippen LogP) is 4.03. The maximum atomic E-state index is 10.6. The van der Waals surface area contributed by atoms with Crippen LogP contribution in [0.2, 0.25) is 0 Å². The molecule has 2 nitrogen and oxygen atoms in total. The molecule has 1 amide bonds. The van der Waals surface area contributed by atoms with Gasteiger partial charge in [0.25, 0.3) is 0 Å². The van der Waals surface area contributed by atoms with E-state index in [2.05, 4.69) is 20.8 Å². The number of unbranched alkanes of at least 4 members (excludes halogenated alkanes) is 4. The van der Waals surface area contributed by atoms with Crippen LogP contribution >= 0.6 is 0 Å². The van der Waals surface area contributed by atoms with E-state index < -0.39 is 0 Å². The van der Waals surface area contributed by atoms with Crippen molar-refractivity contribution in [3.05, 3.63) is 0 Å². The van der Waals surface area contributed by atoms with Gasteiger partial charge in [0.05, 0.1) is 0 Å². The number of carbonyl (C=O) groups excluding carboxylic acids is 1. The van der Waals surface area contributed by atoms with Crippen molar-refractivity contribution in [2.45, 2.75) is 78.6 Å². The Balaban J connectivity index is 3.49. The molecule has 0 spiro atoms. The first-order chi connectivity index (χ1) is 7.48. The fourth-order valence-corrected chi connectivity index (χ4v) is 2.07. The van der Waals surface area contributed by atoms with Crippen LogP contribution in [0.1, 0.15) is 78.6 Å². The number of amides is 1. The molecule has 0 radical (unpaired) electrons. The molecular weight excluding hydrogens is 198 g/mol. The molecule has 0 heterocycles. The zero-order chi connectivity index (χ0) is 12.4. The Hall–Kier alpha value is -0.530. The first-order valence-corrected chi connectivity index (χ1v) is 6.76. The summed E-state index contributed by atoms with van der Waals surface area (Å²) < 4.78 is 0. The summed E-state index contributed by atoms with van der Waals surface area (Å²) in [6, 6.07) is 0. The minimum atomic E-state index is -0.168. The van der Waals surface area contributed by atoms with Gasteiger partial charge in [0.2, 0.25) is 5.91 Å². The lowest BCUT2D eigenvalue weighted by Crippen LogP contribution is -2.14. The Morgan fingerprint density at radius 1 is 1.00 bits per heavy atom. The molecule has 0 fully saturated rings. The zero-order valence-corrected chi connectivity index (χ0v) is 11.3. The number of rotatable bonds is 10. The fourth-order valence-electron chi connectivity index (χ4n) is 2.07. The summed E-state index contributed by atoms with van der Waals surface area (Å²) in [6.07, 6.45) is 10.6. The van der Waals surface area contributed by atoms with Crippen LogP contribution in [0.4, 0.5) is 0 Å². The smallest absolute Gasteiger partial charge is 0.217 e. The van der Waals surface area contributed by atoms with Crippen LogP contribution in [0.15, 0.2) is 0 Å². The van der Waals surface area contributed by atoms with Crippen molar-refractivity contribution in [1.82, 2.24) is 0 Å². The average Bonchev–Trinajstić information content (AvgIpc) is 2.16. The minimum Gasteiger partial charge on any atom is -0.370 e. The summed E-state index contributed by atoms with van der Waals surface area (Å²) in [7, 11) is 0. The molecule has 0 aromatic carbocycles. The van der Waals surface area contributed by atoms with E-state index >= 15 is 0 Å². The second kappa shape index (κ2) is 8.60. The van der Waals surface area contributed by atoms with Gasteiger partial charge in [-0.25, -0.2) is 0 Å². The van der Waals surface area contributed by atoms with Gasteiger partial charge in [-0.1, -0.05) is 52.9 Å². The second-order valence-electron chi connectivity index (χ2n) is 5.65. The van der Waals surface area contributed by atoms with Crippen LogP contribution in [-0.2, 0) is 4.79 Å². The molecule has 0 saturated carbocycles. The summed E-state index contributed by atoms with van der Waals surface area (Å²) in [5.41, 5.74) is 5.51. The number of hydrogen-bond donors (Lipinski definition) is 1. The number of primary amides is 1. The molecule has 0 atom stereocenters. The Labute approximate surface area is 101 Å². The summed E-state index contributed by atoms with van der Waals surface area (Å²) in [5, 5.41) is 0. The molecule has 0 aromatic heterocycles. The highest BCUT2D eigenvalue weighted by atomic mass is 16.1. The van der Waals surface area contributed by atoms with E-state index in [0.717, 1.165) is 12.8 Å². The van der Waals surface area contributed by atoms with E-state index in [-0.39, 0.29) is 5.91 Å². The van der Waals surface area contributed by atoms with Crippen molar-refractivity contribution in [2.75, 3.05) is 0 Å². The average molecular weight is 227 g/mol. The van der Waals surface area contributed by atoms with Gasteiger partial charge < -0.3 is 5.73 Å². The first kappa shape index (κ1) is 15.5. The van der Waals surface area contributed by atoms with E-state index in [1.807, 2.05) is 0 Å². The van der Waals surface area contributed by atoms with Crippen LogP contribution in [0.5, 0.6) is 0 Å². The Morgan fingerprint density at radius 3 is 2.12 bits per heavy atom. The molecule has 0 aliphatic carbocycles. The molecule has 0 rings (SSSR count). The molecule has 0 aliphatic rings. The Bertz CT molecular complexity index is 187. The maximum Gasteiger partial charge on any atom is 0.217 e. The molecule has 96 valence electrons. The molecular formula is C14H29NO. The van der Waals surface area contributed by atoms with Crippen molar-refractivity contribution >= 4 is 5.91 Å². The third kappa shape index (κ3) is 10.0. The number of hydrogen-bond acceptors (Lipinski definition) is 1. The fraction of sp³-hybridized carbons (Fsp3) is 0.929. The first-order valence-electron chi connectivity index (χ1n) is 6.76. The summed E-state index contributed by atoms with van der Waals surface area (Å²) in [4.78, 5) is 10.6. The second-order valence-corrected chi connectivity index (χ2v) is 5.65. The normalized spacial score (nSPS) is 11.7. The zero-order valence-electron chi connectivity index (χ0n) is 11.3. The van der Waals surface area contributed by atoms with Gasteiger partial charge >= 0.3 is 0 Å². The van der Waals surface area contributed by atoms with Gasteiger partial charge in [-0.15, -0.1) is 0 Å². The van der Waals surface area contributed by atoms with Gasteiger partial charge in [-0.05, 0) is 24.7 Å². The van der Waals surface area contributed by atoms with Gasteiger partial charge in [-0.2, -0.15) is 0 Å². The molecule has 2 heteroatoms. The van der Waals surface area contributed by atoms with Crippen molar-refractivity contribution in [1.29, 1.82) is 0 Å². The topological polar surface area (TPSA) is 43.1 Å². The van der Waals surface area contributed by atoms with Crippen molar-refractivity contribution < 1.29 is 4.79 Å². The van der Waals surface area contributed by atoms with Crippen molar-refractivity contribution in [3.8, 4) is 0 Å². The molecule has 2 N–H and O–H groups in total. The predicted molar refractivity (Wildman–Crippen MR) is 70.2 cm³/mol. The molecule has 0 bridgehead atoms. The third-order valence-corrected chi connectivity index (χ3v) is 3.23. The number of nitrogens with two attached hydrogens (primary N) is 1. The lowest BCUT2D eigenvalue weighted by atomic mass is 9.82. The minimum absolute atomic E-state index is 0.168. The van der Waals surface area contributed by atoms with Gasteiger partial charge in [0.15, 0.2) is 0 Å². The standard InChI is InChI=1S/C14H29NO/c1-4-5-6-7-8-11-14(2,3)12-9-10-13(15)16/h4-12H2,1-3H3,(H2,15,16). The van der Waals surface area contributed by atoms with E-state index in [1.165, 1.54) is 38.5 Å². The lowest BCUT2D eigenvalue weighted by Gasteiger charge is -2.24. The van der Waals surface area contributed by atoms with Gasteiger partial charge in [0, 0.05) is 6.42 Å². The number of carbonyl (C=O) groups is 1. The lowest BCUT2D eigenvalue weighted by molar-refractivity contribution is -0.118. The van der Waals surface area contributed by atoms with E-state index in [4.69, 9.17) is 5.73 Å². The van der Waals surface area contributed by atoms with Crippen LogP contribution < -0.4 is 5.73 Å². The molecule has 0 aliphatic heterocycles. The highest BCUT2D eigenvalue weighted by Crippen LogP contribution is 2.29. The van der Waals surface area contributed by atoms with Crippen LogP contribution in [0, 0.1) is 5.41 Å². The Kier molecular flexibility index (Phi) is 8.32. The van der Waals surface area contributed by atoms with E-state index in [9.17, 15) is 4.79 Å². The van der Waals surface area contributed by atoms with Gasteiger partial charge in [0.1, 0.15) is 0 Å². The van der Waals surface area contributed by atoms with Crippen LogP contribution in [-0.4, -0.2) is 5.91 Å². The van der Waals surface area contributed by atoms with Crippen LogP contribution in [0.3, 0.4) is 0 Å². The highest BCUT2D eigenvalue weighted by Gasteiger charge is 2.16. The summed E-state index contributed by atoms with van der Waals surface area (Å²) >= 11 is 0. The van der Waals surface area contributed by atoms with E-state index in [0.29, 0.717) is 11.8 Å².